The molecule has 0 radical (unpaired) electrons. The topological polar surface area (TPSA) is 82.0 Å². The second kappa shape index (κ2) is 6.42. The highest BCUT2D eigenvalue weighted by atomic mass is 32.1. The summed E-state index contributed by atoms with van der Waals surface area (Å²) < 4.78 is 0. The first-order valence-corrected chi connectivity index (χ1v) is 10.4. The quantitative estimate of drug-likeness (QED) is 0.682. The van der Waals surface area contributed by atoms with Gasteiger partial charge in [0.2, 0.25) is 0 Å². The lowest BCUT2D eigenvalue weighted by Gasteiger charge is -2.26. The SMILES string of the molecule is CCCC1CCCc2c1nc1sc(C(N)=O)c(N)c1c2-c1cccs1. The molecule has 1 atom stereocenters. The van der Waals surface area contributed by atoms with Crippen LogP contribution in [-0.4, -0.2) is 10.9 Å². The van der Waals surface area contributed by atoms with Crippen molar-refractivity contribution in [2.45, 2.75) is 44.9 Å². The zero-order chi connectivity index (χ0) is 17.6. The lowest BCUT2D eigenvalue weighted by molar-refractivity contribution is 0.100. The van der Waals surface area contributed by atoms with Crippen LogP contribution in [0.5, 0.6) is 0 Å². The molecule has 3 heterocycles. The van der Waals surface area contributed by atoms with Crippen molar-refractivity contribution in [3.05, 3.63) is 33.6 Å². The van der Waals surface area contributed by atoms with E-state index in [0.717, 1.165) is 29.5 Å². The van der Waals surface area contributed by atoms with Gasteiger partial charge in [-0.15, -0.1) is 22.7 Å². The number of carbonyl (C=O) groups excluding carboxylic acids is 1. The van der Waals surface area contributed by atoms with Crippen molar-refractivity contribution in [2.75, 3.05) is 5.73 Å². The number of nitrogen functional groups attached to an aromatic ring is 1. The van der Waals surface area contributed by atoms with E-state index in [4.69, 9.17) is 16.5 Å². The summed E-state index contributed by atoms with van der Waals surface area (Å²) in [6.45, 7) is 2.22. The maximum Gasteiger partial charge on any atom is 0.260 e. The summed E-state index contributed by atoms with van der Waals surface area (Å²) in [5.74, 6) is 0.0259. The van der Waals surface area contributed by atoms with Crippen LogP contribution >= 0.6 is 22.7 Å². The Bertz CT molecular complexity index is 944. The van der Waals surface area contributed by atoms with Crippen LogP contribution in [0.2, 0.25) is 0 Å². The third kappa shape index (κ3) is 2.64. The lowest BCUT2D eigenvalue weighted by atomic mass is 9.81. The smallest absolute Gasteiger partial charge is 0.260 e. The summed E-state index contributed by atoms with van der Waals surface area (Å²) in [7, 11) is 0. The van der Waals surface area contributed by atoms with Gasteiger partial charge in [0.1, 0.15) is 9.71 Å². The largest absolute Gasteiger partial charge is 0.397 e. The Kier molecular flexibility index (Phi) is 4.25. The Hall–Kier alpha value is -1.92. The molecule has 0 spiro atoms. The van der Waals surface area contributed by atoms with Gasteiger partial charge in [-0.3, -0.25) is 4.79 Å². The number of primary amides is 1. The van der Waals surface area contributed by atoms with E-state index in [1.807, 2.05) is 0 Å². The van der Waals surface area contributed by atoms with E-state index in [0.29, 0.717) is 16.5 Å². The summed E-state index contributed by atoms with van der Waals surface area (Å²) in [4.78, 5) is 19.3. The van der Waals surface area contributed by atoms with Crippen molar-refractivity contribution in [1.82, 2.24) is 4.98 Å². The van der Waals surface area contributed by atoms with Gasteiger partial charge in [-0.25, -0.2) is 4.98 Å². The zero-order valence-electron chi connectivity index (χ0n) is 14.2. The number of fused-ring (bicyclic) bond motifs is 2. The number of aromatic nitrogens is 1. The molecular formula is C19H21N3OS2. The molecule has 0 saturated heterocycles. The van der Waals surface area contributed by atoms with E-state index >= 15 is 0 Å². The van der Waals surface area contributed by atoms with Crippen LogP contribution in [0.15, 0.2) is 17.5 Å². The molecule has 6 heteroatoms. The van der Waals surface area contributed by atoms with Crippen LogP contribution in [0.4, 0.5) is 5.69 Å². The molecule has 4 nitrogen and oxygen atoms in total. The molecule has 1 aliphatic rings. The Morgan fingerprint density at radius 1 is 1.44 bits per heavy atom. The predicted molar refractivity (Wildman–Crippen MR) is 106 cm³/mol. The van der Waals surface area contributed by atoms with Crippen LogP contribution in [0.25, 0.3) is 20.7 Å². The fraction of sp³-hybridized carbons (Fsp3) is 0.368. The monoisotopic (exact) mass is 371 g/mol. The van der Waals surface area contributed by atoms with Gasteiger partial charge in [-0.2, -0.15) is 0 Å². The number of nitrogens with zero attached hydrogens (tertiary/aromatic N) is 1. The number of thiophene rings is 2. The van der Waals surface area contributed by atoms with Gasteiger partial charge < -0.3 is 11.5 Å². The summed E-state index contributed by atoms with van der Waals surface area (Å²) >= 11 is 3.04. The molecule has 0 aromatic carbocycles. The fourth-order valence-corrected chi connectivity index (χ4v) is 5.73. The highest BCUT2D eigenvalue weighted by Gasteiger charge is 2.29. The number of carbonyl (C=O) groups is 1. The molecule has 0 saturated carbocycles. The molecule has 130 valence electrons. The number of amides is 1. The number of hydrogen-bond acceptors (Lipinski definition) is 5. The maximum atomic E-state index is 11.8. The zero-order valence-corrected chi connectivity index (χ0v) is 15.8. The second-order valence-corrected chi connectivity index (χ2v) is 8.54. The van der Waals surface area contributed by atoms with Crippen LogP contribution in [-0.2, 0) is 6.42 Å². The standard InChI is InChI=1S/C19H21N3OS2/c1-2-5-10-6-3-7-11-13(12-8-4-9-24-12)14-15(20)17(18(21)23)25-19(14)22-16(10)11/h4,8-10H,2-3,5-7,20H2,1H3,(H2,21,23). The number of pyridine rings is 1. The first-order valence-electron chi connectivity index (χ1n) is 8.70. The molecule has 0 aliphatic heterocycles. The molecule has 1 aliphatic carbocycles. The first kappa shape index (κ1) is 16.5. The van der Waals surface area contributed by atoms with E-state index < -0.39 is 5.91 Å². The molecule has 0 bridgehead atoms. The predicted octanol–water partition coefficient (Wildman–Crippen LogP) is 4.93. The van der Waals surface area contributed by atoms with Crippen LogP contribution in [0.3, 0.4) is 0 Å². The van der Waals surface area contributed by atoms with Crippen LogP contribution in [0.1, 0.15) is 59.5 Å². The summed E-state index contributed by atoms with van der Waals surface area (Å²) in [6.07, 6.45) is 5.69. The molecule has 3 aromatic heterocycles. The van der Waals surface area contributed by atoms with Gasteiger partial charge in [0.15, 0.2) is 0 Å². The van der Waals surface area contributed by atoms with Crippen molar-refractivity contribution in [2.24, 2.45) is 5.73 Å². The third-order valence-electron chi connectivity index (χ3n) is 5.00. The Morgan fingerprint density at radius 2 is 2.28 bits per heavy atom. The van der Waals surface area contributed by atoms with Crippen LogP contribution in [0, 0.1) is 0 Å². The molecule has 1 amide bonds. The van der Waals surface area contributed by atoms with E-state index in [1.165, 1.54) is 45.9 Å². The minimum Gasteiger partial charge on any atom is -0.397 e. The van der Waals surface area contributed by atoms with Crippen molar-refractivity contribution in [3.8, 4) is 10.4 Å². The summed E-state index contributed by atoms with van der Waals surface area (Å²) in [5.41, 5.74) is 16.1. The number of rotatable bonds is 4. The number of anilines is 1. The average Bonchev–Trinajstić information content (AvgIpc) is 3.22. The van der Waals surface area contributed by atoms with E-state index in [9.17, 15) is 4.79 Å². The minimum absolute atomic E-state index is 0.426. The van der Waals surface area contributed by atoms with Gasteiger partial charge in [0.05, 0.1) is 5.69 Å². The molecule has 4 N–H and O–H groups in total. The third-order valence-corrected chi connectivity index (χ3v) is 7.01. The fourth-order valence-electron chi connectivity index (χ4n) is 3.97. The molecule has 4 rings (SSSR count). The van der Waals surface area contributed by atoms with Gasteiger partial charge in [0.25, 0.3) is 5.91 Å². The maximum absolute atomic E-state index is 11.8. The molecular weight excluding hydrogens is 350 g/mol. The molecule has 1 unspecified atom stereocenters. The Morgan fingerprint density at radius 3 is 2.96 bits per heavy atom. The lowest BCUT2D eigenvalue weighted by Crippen LogP contribution is -2.13. The highest BCUT2D eigenvalue weighted by molar-refractivity contribution is 7.21. The van der Waals surface area contributed by atoms with E-state index in [1.54, 1.807) is 11.3 Å². The second-order valence-electron chi connectivity index (χ2n) is 6.59. The van der Waals surface area contributed by atoms with Gasteiger partial charge in [-0.05, 0) is 42.7 Å². The molecule has 25 heavy (non-hydrogen) atoms. The number of hydrogen-bond donors (Lipinski definition) is 2. The van der Waals surface area contributed by atoms with Gasteiger partial charge in [-0.1, -0.05) is 19.4 Å². The summed E-state index contributed by atoms with van der Waals surface area (Å²) in [6, 6.07) is 4.19. The Labute approximate surface area is 154 Å². The van der Waals surface area contributed by atoms with Crippen LogP contribution < -0.4 is 11.5 Å². The van der Waals surface area contributed by atoms with Crippen molar-refractivity contribution in [1.29, 1.82) is 0 Å². The van der Waals surface area contributed by atoms with Crippen molar-refractivity contribution < 1.29 is 4.79 Å². The number of nitrogens with two attached hydrogens (primary N) is 2. The molecule has 0 fully saturated rings. The molecule has 3 aromatic rings. The van der Waals surface area contributed by atoms with Gasteiger partial charge >= 0.3 is 0 Å². The summed E-state index contributed by atoms with van der Waals surface area (Å²) in [5, 5.41) is 3.00. The van der Waals surface area contributed by atoms with Crippen molar-refractivity contribution in [3.63, 3.8) is 0 Å². The van der Waals surface area contributed by atoms with E-state index in [2.05, 4.69) is 24.4 Å². The first-order chi connectivity index (χ1) is 12.1. The highest BCUT2D eigenvalue weighted by Crippen LogP contribution is 2.47. The van der Waals surface area contributed by atoms with E-state index in [-0.39, 0.29) is 0 Å². The van der Waals surface area contributed by atoms with Crippen molar-refractivity contribution >= 4 is 44.5 Å². The minimum atomic E-state index is -0.472. The normalized spacial score (nSPS) is 16.9. The average molecular weight is 372 g/mol. The Balaban J connectivity index is 2.08. The van der Waals surface area contributed by atoms with Gasteiger partial charge in [0, 0.05) is 27.4 Å².